The molecule has 1 N–H and O–H groups in total. The van der Waals surface area contributed by atoms with Gasteiger partial charge in [-0.25, -0.2) is 0 Å². The molecule has 5 nitrogen and oxygen atoms in total. The lowest BCUT2D eigenvalue weighted by Gasteiger charge is -2.39. The number of nitro groups is 1. The van der Waals surface area contributed by atoms with Crippen molar-refractivity contribution >= 4 is 11.4 Å². The van der Waals surface area contributed by atoms with E-state index < -0.39 is 6.10 Å². The maximum Gasteiger partial charge on any atom is 0.292 e. The number of hydrogen-bond donors (Lipinski definition) is 1. The summed E-state index contributed by atoms with van der Waals surface area (Å²) in [6.07, 6.45) is 1.49. The molecule has 1 fully saturated rings. The lowest BCUT2D eigenvalue weighted by atomic mass is 9.84. The van der Waals surface area contributed by atoms with Crippen molar-refractivity contribution in [3.8, 4) is 0 Å². The SMILES string of the molecule is C[C@@H](O)c1ccc(N2CCCC(C)(C)C2)c([N+](=O)[O-])c1. The van der Waals surface area contributed by atoms with Gasteiger partial charge in [0.2, 0.25) is 0 Å². The maximum atomic E-state index is 11.3. The fourth-order valence-corrected chi connectivity index (χ4v) is 2.84. The summed E-state index contributed by atoms with van der Waals surface area (Å²) in [5.74, 6) is 0. The first-order chi connectivity index (χ1) is 9.30. The number of hydrogen-bond acceptors (Lipinski definition) is 4. The highest BCUT2D eigenvalue weighted by atomic mass is 16.6. The highest BCUT2D eigenvalue weighted by Crippen LogP contribution is 2.37. The lowest BCUT2D eigenvalue weighted by Crippen LogP contribution is -2.40. The van der Waals surface area contributed by atoms with Crippen LogP contribution in [0.15, 0.2) is 18.2 Å². The molecule has 1 aliphatic heterocycles. The molecule has 20 heavy (non-hydrogen) atoms. The van der Waals surface area contributed by atoms with Crippen molar-refractivity contribution in [1.29, 1.82) is 0 Å². The van der Waals surface area contributed by atoms with E-state index in [9.17, 15) is 15.2 Å². The fourth-order valence-electron chi connectivity index (χ4n) is 2.84. The number of nitrogens with zero attached hydrogens (tertiary/aromatic N) is 2. The van der Waals surface area contributed by atoms with E-state index in [1.54, 1.807) is 19.1 Å². The van der Waals surface area contributed by atoms with E-state index in [-0.39, 0.29) is 16.0 Å². The van der Waals surface area contributed by atoms with Crippen molar-refractivity contribution < 1.29 is 10.0 Å². The Morgan fingerprint density at radius 1 is 1.45 bits per heavy atom. The molecule has 1 aliphatic rings. The predicted octanol–water partition coefficient (Wildman–Crippen LogP) is 3.27. The van der Waals surface area contributed by atoms with Gasteiger partial charge in [0.15, 0.2) is 0 Å². The molecule has 1 atom stereocenters. The van der Waals surface area contributed by atoms with Crippen LogP contribution in [0, 0.1) is 15.5 Å². The molecular formula is C15H22N2O3. The highest BCUT2D eigenvalue weighted by Gasteiger charge is 2.30. The van der Waals surface area contributed by atoms with Crippen molar-refractivity contribution in [2.45, 2.75) is 39.7 Å². The van der Waals surface area contributed by atoms with Crippen LogP contribution >= 0.6 is 0 Å². The second kappa shape index (κ2) is 5.40. The molecule has 1 aromatic carbocycles. The average Bonchev–Trinajstić information content (AvgIpc) is 2.36. The number of anilines is 1. The van der Waals surface area contributed by atoms with E-state index in [0.717, 1.165) is 25.9 Å². The smallest absolute Gasteiger partial charge is 0.292 e. The topological polar surface area (TPSA) is 66.6 Å². The molecule has 5 heteroatoms. The minimum Gasteiger partial charge on any atom is -0.389 e. The number of rotatable bonds is 3. The van der Waals surface area contributed by atoms with Gasteiger partial charge in [-0.15, -0.1) is 0 Å². The van der Waals surface area contributed by atoms with Gasteiger partial charge in [-0.2, -0.15) is 0 Å². The first kappa shape index (κ1) is 14.8. The number of nitro benzene ring substituents is 1. The zero-order chi connectivity index (χ0) is 14.9. The van der Waals surface area contributed by atoms with Crippen LogP contribution in [-0.4, -0.2) is 23.1 Å². The maximum absolute atomic E-state index is 11.3. The zero-order valence-corrected chi connectivity index (χ0v) is 12.3. The van der Waals surface area contributed by atoms with E-state index >= 15 is 0 Å². The van der Waals surface area contributed by atoms with Gasteiger partial charge in [-0.1, -0.05) is 19.9 Å². The van der Waals surface area contributed by atoms with E-state index in [0.29, 0.717) is 11.3 Å². The first-order valence-electron chi connectivity index (χ1n) is 7.01. The molecule has 0 bridgehead atoms. The van der Waals surface area contributed by atoms with Gasteiger partial charge in [0.05, 0.1) is 11.0 Å². The summed E-state index contributed by atoms with van der Waals surface area (Å²) in [4.78, 5) is 13.0. The van der Waals surface area contributed by atoms with Crippen LogP contribution in [0.25, 0.3) is 0 Å². The molecule has 0 unspecified atom stereocenters. The van der Waals surface area contributed by atoms with Crippen molar-refractivity contribution in [2.24, 2.45) is 5.41 Å². The van der Waals surface area contributed by atoms with Gasteiger partial charge in [-0.3, -0.25) is 10.1 Å². The molecule has 0 saturated carbocycles. The molecule has 0 spiro atoms. The summed E-state index contributed by atoms with van der Waals surface area (Å²) >= 11 is 0. The third-order valence-electron chi connectivity index (χ3n) is 3.92. The molecule has 0 aromatic heterocycles. The van der Waals surface area contributed by atoms with Crippen LogP contribution in [0.3, 0.4) is 0 Å². The van der Waals surface area contributed by atoms with Gasteiger partial charge < -0.3 is 10.0 Å². The standard InChI is InChI=1S/C15H22N2O3/c1-11(18)12-5-6-13(14(9-12)17(19)20)16-8-4-7-15(2,3)10-16/h5-6,9,11,18H,4,7-8,10H2,1-3H3/t11-/m1/s1. The van der Waals surface area contributed by atoms with Crippen LogP contribution in [0.2, 0.25) is 0 Å². The average molecular weight is 278 g/mol. The Labute approximate surface area is 119 Å². The van der Waals surface area contributed by atoms with E-state index in [2.05, 4.69) is 18.7 Å². The Kier molecular flexibility index (Phi) is 3.99. The van der Waals surface area contributed by atoms with Gasteiger partial charge in [0, 0.05) is 19.2 Å². The summed E-state index contributed by atoms with van der Waals surface area (Å²) in [5, 5.41) is 20.9. The monoisotopic (exact) mass is 278 g/mol. The normalized spacial score (nSPS) is 19.7. The van der Waals surface area contributed by atoms with Crippen LogP contribution in [-0.2, 0) is 0 Å². The molecule has 0 radical (unpaired) electrons. The number of aliphatic hydroxyl groups is 1. The molecule has 0 aliphatic carbocycles. The Morgan fingerprint density at radius 2 is 2.15 bits per heavy atom. The molecule has 1 heterocycles. The summed E-state index contributed by atoms with van der Waals surface area (Å²) in [6.45, 7) is 7.66. The van der Waals surface area contributed by atoms with E-state index in [1.807, 2.05) is 0 Å². The first-order valence-corrected chi connectivity index (χ1v) is 7.01. The van der Waals surface area contributed by atoms with Gasteiger partial charge in [-0.05, 0) is 36.8 Å². The van der Waals surface area contributed by atoms with Crippen molar-refractivity contribution in [1.82, 2.24) is 0 Å². The molecule has 0 amide bonds. The number of benzene rings is 1. The van der Waals surface area contributed by atoms with Gasteiger partial charge in [0.25, 0.3) is 5.69 Å². The third-order valence-corrected chi connectivity index (χ3v) is 3.92. The molecule has 1 aromatic rings. The van der Waals surface area contributed by atoms with E-state index in [1.165, 1.54) is 6.07 Å². The minimum absolute atomic E-state index is 0.0844. The van der Waals surface area contributed by atoms with E-state index in [4.69, 9.17) is 0 Å². The van der Waals surface area contributed by atoms with Gasteiger partial charge >= 0.3 is 0 Å². The Balaban J connectivity index is 2.38. The zero-order valence-electron chi connectivity index (χ0n) is 12.3. The lowest BCUT2D eigenvalue weighted by molar-refractivity contribution is -0.384. The quantitative estimate of drug-likeness (QED) is 0.680. The molecule has 110 valence electrons. The molecule has 2 rings (SSSR count). The third kappa shape index (κ3) is 3.10. The predicted molar refractivity (Wildman–Crippen MR) is 79.0 cm³/mol. The van der Waals surface area contributed by atoms with Gasteiger partial charge in [0.1, 0.15) is 5.69 Å². The second-order valence-corrected chi connectivity index (χ2v) is 6.37. The van der Waals surface area contributed by atoms with Crippen molar-refractivity contribution in [3.05, 3.63) is 33.9 Å². The fraction of sp³-hybridized carbons (Fsp3) is 0.600. The summed E-state index contributed by atoms with van der Waals surface area (Å²) in [6, 6.07) is 5.03. The largest absolute Gasteiger partial charge is 0.389 e. The molecular weight excluding hydrogens is 256 g/mol. The summed E-state index contributed by atoms with van der Waals surface area (Å²) in [7, 11) is 0. The van der Waals surface area contributed by atoms with Crippen molar-refractivity contribution in [2.75, 3.05) is 18.0 Å². The Bertz CT molecular complexity index is 512. The highest BCUT2D eigenvalue weighted by molar-refractivity contribution is 5.65. The van der Waals surface area contributed by atoms with Crippen LogP contribution in [0.5, 0.6) is 0 Å². The molecule has 1 saturated heterocycles. The number of aliphatic hydroxyl groups excluding tert-OH is 1. The van der Waals surface area contributed by atoms with Crippen LogP contribution < -0.4 is 4.90 Å². The second-order valence-electron chi connectivity index (χ2n) is 6.37. The number of piperidine rings is 1. The Hall–Kier alpha value is -1.62. The van der Waals surface area contributed by atoms with Crippen LogP contribution in [0.4, 0.5) is 11.4 Å². The van der Waals surface area contributed by atoms with Crippen LogP contribution in [0.1, 0.15) is 45.3 Å². The Morgan fingerprint density at radius 3 is 2.70 bits per heavy atom. The minimum atomic E-state index is -0.694. The van der Waals surface area contributed by atoms with Crippen molar-refractivity contribution in [3.63, 3.8) is 0 Å². The summed E-state index contributed by atoms with van der Waals surface area (Å²) in [5.41, 5.74) is 1.50. The summed E-state index contributed by atoms with van der Waals surface area (Å²) < 4.78 is 0.